The summed E-state index contributed by atoms with van der Waals surface area (Å²) in [6.07, 6.45) is 48.1. The van der Waals surface area contributed by atoms with E-state index in [0.29, 0.717) is 19.3 Å². The second-order valence-corrected chi connectivity index (χ2v) is 19.5. The van der Waals surface area contributed by atoms with Crippen LogP contribution in [0.15, 0.2) is 0 Å². The number of rotatable bonds is 48. The van der Waals surface area contributed by atoms with Gasteiger partial charge in [-0.2, -0.15) is 0 Å². The third-order valence-electron chi connectivity index (χ3n) is 12.2. The highest BCUT2D eigenvalue weighted by Gasteiger charge is 2.19. The molecule has 60 heavy (non-hydrogen) atoms. The molecule has 0 bridgehead atoms. The first-order valence-electron chi connectivity index (χ1n) is 26.7. The third-order valence-corrected chi connectivity index (χ3v) is 12.2. The van der Waals surface area contributed by atoms with Gasteiger partial charge in [-0.3, -0.25) is 14.4 Å². The number of carbonyl (C=O) groups excluding carboxylic acids is 3. The van der Waals surface area contributed by atoms with Crippen molar-refractivity contribution in [3.05, 3.63) is 0 Å². The van der Waals surface area contributed by atoms with E-state index in [1.807, 2.05) is 0 Å². The molecule has 356 valence electrons. The summed E-state index contributed by atoms with van der Waals surface area (Å²) < 4.78 is 16.8. The van der Waals surface area contributed by atoms with Gasteiger partial charge in [0.25, 0.3) is 0 Å². The van der Waals surface area contributed by atoms with Gasteiger partial charge in [0.1, 0.15) is 13.2 Å². The molecule has 0 unspecified atom stereocenters. The van der Waals surface area contributed by atoms with Crippen LogP contribution in [0.1, 0.15) is 298 Å². The summed E-state index contributed by atoms with van der Waals surface area (Å²) in [4.78, 5) is 38.0. The van der Waals surface area contributed by atoms with E-state index in [9.17, 15) is 14.4 Å². The highest BCUT2D eigenvalue weighted by atomic mass is 16.6. The lowest BCUT2D eigenvalue weighted by molar-refractivity contribution is -0.167. The average Bonchev–Trinajstić information content (AvgIpc) is 3.22. The van der Waals surface area contributed by atoms with Crippen molar-refractivity contribution < 1.29 is 28.6 Å². The minimum absolute atomic E-state index is 0.0641. The summed E-state index contributed by atoms with van der Waals surface area (Å²) >= 11 is 0. The molecule has 0 fully saturated rings. The zero-order valence-corrected chi connectivity index (χ0v) is 41.1. The van der Waals surface area contributed by atoms with E-state index >= 15 is 0 Å². The predicted octanol–water partition coefficient (Wildman–Crippen LogP) is 17.3. The first-order valence-corrected chi connectivity index (χ1v) is 26.7. The van der Waals surface area contributed by atoms with Crippen LogP contribution in [0.3, 0.4) is 0 Å². The van der Waals surface area contributed by atoms with Crippen molar-refractivity contribution in [1.82, 2.24) is 0 Å². The van der Waals surface area contributed by atoms with Gasteiger partial charge in [0, 0.05) is 19.3 Å². The Kier molecular flexibility index (Phi) is 45.7. The van der Waals surface area contributed by atoms with E-state index in [-0.39, 0.29) is 31.1 Å². The van der Waals surface area contributed by atoms with Crippen molar-refractivity contribution in [2.75, 3.05) is 13.2 Å². The van der Waals surface area contributed by atoms with Crippen molar-refractivity contribution in [3.8, 4) is 0 Å². The predicted molar refractivity (Wildman–Crippen MR) is 256 cm³/mol. The minimum Gasteiger partial charge on any atom is -0.462 e. The highest BCUT2D eigenvalue weighted by molar-refractivity contribution is 5.71. The molecule has 6 heteroatoms. The van der Waals surface area contributed by atoms with Crippen LogP contribution in [-0.4, -0.2) is 37.2 Å². The molecule has 0 saturated heterocycles. The van der Waals surface area contributed by atoms with E-state index in [1.54, 1.807) is 0 Å². The molecule has 0 aromatic rings. The molecule has 0 aliphatic carbocycles. The van der Waals surface area contributed by atoms with Gasteiger partial charge in [0.2, 0.25) is 0 Å². The molecule has 0 aliphatic heterocycles. The Hall–Kier alpha value is -1.59. The van der Waals surface area contributed by atoms with Gasteiger partial charge < -0.3 is 14.2 Å². The van der Waals surface area contributed by atoms with Gasteiger partial charge >= 0.3 is 17.9 Å². The Balaban J connectivity index is 4.28. The normalized spacial score (nSPS) is 12.1. The van der Waals surface area contributed by atoms with Gasteiger partial charge in [-0.1, -0.05) is 259 Å². The molecular weight excluding hydrogens is 745 g/mol. The quantitative estimate of drug-likeness (QED) is 0.0345. The molecule has 0 aromatic carbocycles. The van der Waals surface area contributed by atoms with Crippen LogP contribution < -0.4 is 0 Å². The summed E-state index contributed by atoms with van der Waals surface area (Å²) in [5.41, 5.74) is 0. The van der Waals surface area contributed by atoms with Crippen LogP contribution in [0.4, 0.5) is 0 Å². The summed E-state index contributed by atoms with van der Waals surface area (Å²) in [6.45, 7) is 11.3. The minimum atomic E-state index is -0.762. The van der Waals surface area contributed by atoms with E-state index in [1.165, 1.54) is 186 Å². The molecule has 0 N–H and O–H groups in total. The maximum absolute atomic E-state index is 12.8. The van der Waals surface area contributed by atoms with Crippen LogP contribution in [0.25, 0.3) is 0 Å². The summed E-state index contributed by atoms with van der Waals surface area (Å²) in [6, 6.07) is 0. The molecule has 1 atom stereocenters. The van der Waals surface area contributed by atoms with Gasteiger partial charge in [-0.25, -0.2) is 0 Å². The maximum atomic E-state index is 12.8. The molecule has 0 spiro atoms. The fourth-order valence-electron chi connectivity index (χ4n) is 8.17. The zero-order valence-electron chi connectivity index (χ0n) is 41.1. The first kappa shape index (κ1) is 58.4. The Bertz CT molecular complexity index is 916. The Morgan fingerprint density at radius 2 is 0.550 bits per heavy atom. The van der Waals surface area contributed by atoms with Crippen LogP contribution in [0.5, 0.6) is 0 Å². The summed E-state index contributed by atoms with van der Waals surface area (Å²) in [7, 11) is 0. The Morgan fingerprint density at radius 1 is 0.317 bits per heavy atom. The lowest BCUT2D eigenvalue weighted by Gasteiger charge is -2.18. The fraction of sp³-hybridized carbons (Fsp3) is 0.944. The number of hydrogen-bond acceptors (Lipinski definition) is 6. The van der Waals surface area contributed by atoms with Crippen LogP contribution in [0.2, 0.25) is 0 Å². The van der Waals surface area contributed by atoms with Gasteiger partial charge in [0.15, 0.2) is 6.10 Å². The number of hydrogen-bond donors (Lipinski definition) is 0. The Labute approximate surface area is 374 Å². The lowest BCUT2D eigenvalue weighted by atomic mass is 10.0. The first-order chi connectivity index (χ1) is 29.2. The fourth-order valence-corrected chi connectivity index (χ4v) is 8.17. The van der Waals surface area contributed by atoms with Gasteiger partial charge in [-0.15, -0.1) is 0 Å². The summed E-state index contributed by atoms with van der Waals surface area (Å²) in [5, 5.41) is 0. The van der Waals surface area contributed by atoms with Crippen LogP contribution in [-0.2, 0) is 28.6 Å². The summed E-state index contributed by atoms with van der Waals surface area (Å²) in [5.74, 6) is 0.767. The molecule has 0 saturated carbocycles. The standard InChI is InChI=1S/C54H104O6/c1-6-7-8-9-10-11-12-13-14-15-16-17-22-25-30-36-41-46-54(57)60-51(48-59-53(56)45-40-35-31-26-28-33-38-43-50(4)5)47-58-52(55)44-39-34-29-24-21-19-18-20-23-27-32-37-42-49(2)3/h49-51H,6-48H2,1-5H3/t51-/m0/s1. The molecule has 0 amide bonds. The number of unbranched alkanes of at least 4 members (excludes halogenated alkanes) is 33. The van der Waals surface area contributed by atoms with Gasteiger partial charge in [-0.05, 0) is 31.1 Å². The Morgan fingerprint density at radius 3 is 0.817 bits per heavy atom. The monoisotopic (exact) mass is 849 g/mol. The van der Waals surface area contributed by atoms with E-state index in [0.717, 1.165) is 69.6 Å². The number of ether oxygens (including phenoxy) is 3. The molecule has 0 radical (unpaired) electrons. The van der Waals surface area contributed by atoms with Crippen molar-refractivity contribution in [1.29, 1.82) is 0 Å². The van der Waals surface area contributed by atoms with E-state index < -0.39 is 6.10 Å². The van der Waals surface area contributed by atoms with Gasteiger partial charge in [0.05, 0.1) is 0 Å². The smallest absolute Gasteiger partial charge is 0.306 e. The van der Waals surface area contributed by atoms with Crippen LogP contribution in [0, 0.1) is 11.8 Å². The second-order valence-electron chi connectivity index (χ2n) is 19.5. The molecule has 0 rings (SSSR count). The van der Waals surface area contributed by atoms with E-state index in [2.05, 4.69) is 34.6 Å². The molecular formula is C54H104O6. The zero-order chi connectivity index (χ0) is 44.0. The van der Waals surface area contributed by atoms with Crippen molar-refractivity contribution >= 4 is 17.9 Å². The molecule has 0 aliphatic rings. The van der Waals surface area contributed by atoms with Crippen molar-refractivity contribution in [2.24, 2.45) is 11.8 Å². The SMILES string of the molecule is CCCCCCCCCCCCCCCCCCCC(=O)O[C@@H](COC(=O)CCCCCCCCCCCCCCC(C)C)COC(=O)CCCCCCCCCC(C)C. The number of esters is 3. The van der Waals surface area contributed by atoms with Crippen LogP contribution >= 0.6 is 0 Å². The van der Waals surface area contributed by atoms with Crippen molar-refractivity contribution in [2.45, 2.75) is 304 Å². The highest BCUT2D eigenvalue weighted by Crippen LogP contribution is 2.17. The largest absolute Gasteiger partial charge is 0.462 e. The topological polar surface area (TPSA) is 78.9 Å². The molecule has 0 aromatic heterocycles. The van der Waals surface area contributed by atoms with E-state index in [4.69, 9.17) is 14.2 Å². The number of carbonyl (C=O) groups is 3. The molecule has 6 nitrogen and oxygen atoms in total. The average molecular weight is 849 g/mol. The third kappa shape index (κ3) is 47.5. The van der Waals surface area contributed by atoms with Crippen molar-refractivity contribution in [3.63, 3.8) is 0 Å². The second kappa shape index (κ2) is 46.9. The molecule has 0 heterocycles. The maximum Gasteiger partial charge on any atom is 0.306 e. The lowest BCUT2D eigenvalue weighted by Crippen LogP contribution is -2.30.